The van der Waals surface area contributed by atoms with Crippen LogP contribution in [0.25, 0.3) is 0 Å². The van der Waals surface area contributed by atoms with Crippen molar-refractivity contribution < 1.29 is 4.79 Å². The van der Waals surface area contributed by atoms with E-state index in [1.807, 2.05) is 48.0 Å². The highest BCUT2D eigenvalue weighted by molar-refractivity contribution is 7.98. The standard InChI is InChI=1S/C14H14N2OS2/c1-18-12-6-4-11(5-7-12)10-15-16-14(17)9-13-3-2-8-19-13/h2-8,10H,9H2,1H3,(H,16,17). The second-order valence-electron chi connectivity index (χ2n) is 3.82. The number of hydrazone groups is 1. The number of thiophene rings is 1. The molecule has 0 unspecified atom stereocenters. The van der Waals surface area contributed by atoms with Gasteiger partial charge in [-0.25, -0.2) is 5.43 Å². The van der Waals surface area contributed by atoms with Gasteiger partial charge < -0.3 is 0 Å². The van der Waals surface area contributed by atoms with Crippen LogP contribution in [0.15, 0.2) is 51.8 Å². The third-order valence-electron chi connectivity index (χ3n) is 2.43. The molecule has 1 amide bonds. The van der Waals surface area contributed by atoms with Gasteiger partial charge in [-0.2, -0.15) is 5.10 Å². The van der Waals surface area contributed by atoms with Gasteiger partial charge in [-0.05, 0) is 35.4 Å². The van der Waals surface area contributed by atoms with Crippen LogP contribution in [-0.4, -0.2) is 18.4 Å². The van der Waals surface area contributed by atoms with Crippen LogP contribution in [0.3, 0.4) is 0 Å². The molecular formula is C14H14N2OS2. The molecule has 1 N–H and O–H groups in total. The van der Waals surface area contributed by atoms with E-state index in [0.29, 0.717) is 6.42 Å². The van der Waals surface area contributed by atoms with Crippen molar-refractivity contribution in [3.05, 3.63) is 52.2 Å². The molecule has 0 radical (unpaired) electrons. The van der Waals surface area contributed by atoms with Crippen LogP contribution < -0.4 is 5.43 Å². The van der Waals surface area contributed by atoms with E-state index in [0.717, 1.165) is 10.4 Å². The fourth-order valence-corrected chi connectivity index (χ4v) is 2.59. The Morgan fingerprint density at radius 1 is 1.37 bits per heavy atom. The van der Waals surface area contributed by atoms with Gasteiger partial charge >= 0.3 is 0 Å². The average Bonchev–Trinajstić information content (AvgIpc) is 2.92. The summed E-state index contributed by atoms with van der Waals surface area (Å²) in [6.07, 6.45) is 4.06. The molecule has 0 aliphatic rings. The number of thioether (sulfide) groups is 1. The monoisotopic (exact) mass is 290 g/mol. The molecule has 2 rings (SSSR count). The molecule has 3 nitrogen and oxygen atoms in total. The van der Waals surface area contributed by atoms with Gasteiger partial charge in [-0.1, -0.05) is 18.2 Å². The van der Waals surface area contributed by atoms with Crippen molar-refractivity contribution in [3.63, 3.8) is 0 Å². The Morgan fingerprint density at radius 3 is 2.79 bits per heavy atom. The van der Waals surface area contributed by atoms with Crippen molar-refractivity contribution in [1.82, 2.24) is 5.43 Å². The highest BCUT2D eigenvalue weighted by Gasteiger charge is 2.01. The normalized spacial score (nSPS) is 10.8. The van der Waals surface area contributed by atoms with Gasteiger partial charge in [0.2, 0.25) is 5.91 Å². The van der Waals surface area contributed by atoms with Crippen LogP contribution in [0.2, 0.25) is 0 Å². The molecule has 19 heavy (non-hydrogen) atoms. The molecule has 0 saturated carbocycles. The number of hydrogen-bond donors (Lipinski definition) is 1. The molecule has 0 aliphatic carbocycles. The zero-order chi connectivity index (χ0) is 13.5. The number of nitrogens with zero attached hydrogens (tertiary/aromatic N) is 1. The van der Waals surface area contributed by atoms with E-state index >= 15 is 0 Å². The lowest BCUT2D eigenvalue weighted by Gasteiger charge is -1.98. The van der Waals surface area contributed by atoms with Gasteiger partial charge in [0.25, 0.3) is 0 Å². The molecule has 0 saturated heterocycles. The average molecular weight is 290 g/mol. The van der Waals surface area contributed by atoms with Crippen LogP contribution in [0.1, 0.15) is 10.4 Å². The molecule has 0 aliphatic heterocycles. The third-order valence-corrected chi connectivity index (χ3v) is 4.05. The highest BCUT2D eigenvalue weighted by Crippen LogP contribution is 2.13. The van der Waals surface area contributed by atoms with Crippen LogP contribution in [0.4, 0.5) is 0 Å². The lowest BCUT2D eigenvalue weighted by atomic mass is 10.2. The van der Waals surface area contributed by atoms with Crippen molar-refractivity contribution in [2.75, 3.05) is 6.26 Å². The smallest absolute Gasteiger partial charge is 0.245 e. The van der Waals surface area contributed by atoms with E-state index in [-0.39, 0.29) is 5.91 Å². The Labute approximate surface area is 120 Å². The zero-order valence-corrected chi connectivity index (χ0v) is 12.1. The summed E-state index contributed by atoms with van der Waals surface area (Å²) in [7, 11) is 0. The highest BCUT2D eigenvalue weighted by atomic mass is 32.2. The Balaban J connectivity index is 1.83. The number of carbonyl (C=O) groups is 1. The SMILES string of the molecule is CSc1ccc(C=NNC(=O)Cc2cccs2)cc1. The number of nitrogens with one attached hydrogen (secondary N) is 1. The number of carbonyl (C=O) groups excluding carboxylic acids is 1. The quantitative estimate of drug-likeness (QED) is 0.522. The van der Waals surface area contributed by atoms with Gasteiger partial charge in [-0.3, -0.25) is 4.79 Å². The maximum Gasteiger partial charge on any atom is 0.245 e. The zero-order valence-electron chi connectivity index (χ0n) is 10.5. The number of benzene rings is 1. The van der Waals surface area contributed by atoms with Crippen LogP contribution >= 0.6 is 23.1 Å². The topological polar surface area (TPSA) is 41.5 Å². The predicted octanol–water partition coefficient (Wildman–Crippen LogP) is 3.16. The van der Waals surface area contributed by atoms with Gasteiger partial charge in [0.1, 0.15) is 0 Å². The predicted molar refractivity (Wildman–Crippen MR) is 82.0 cm³/mol. The second-order valence-corrected chi connectivity index (χ2v) is 5.73. The van der Waals surface area contributed by atoms with Crippen molar-refractivity contribution in [2.45, 2.75) is 11.3 Å². The molecule has 1 aromatic heterocycles. The maximum absolute atomic E-state index is 11.6. The van der Waals surface area contributed by atoms with Gasteiger partial charge in [0.15, 0.2) is 0 Å². The summed E-state index contributed by atoms with van der Waals surface area (Å²) in [5.74, 6) is -0.0977. The molecule has 0 fully saturated rings. The third kappa shape index (κ3) is 4.54. The van der Waals surface area contributed by atoms with Crippen molar-refractivity contribution >= 4 is 35.2 Å². The molecule has 0 atom stereocenters. The molecule has 1 heterocycles. The van der Waals surface area contributed by atoms with Crippen molar-refractivity contribution in [3.8, 4) is 0 Å². The number of amides is 1. The minimum Gasteiger partial charge on any atom is -0.273 e. The second kappa shape index (κ2) is 7.11. The summed E-state index contributed by atoms with van der Waals surface area (Å²) >= 11 is 3.27. The fourth-order valence-electron chi connectivity index (χ4n) is 1.48. The first-order valence-corrected chi connectivity index (χ1v) is 7.87. The van der Waals surface area contributed by atoms with E-state index in [9.17, 15) is 4.79 Å². The lowest BCUT2D eigenvalue weighted by Crippen LogP contribution is -2.19. The first-order valence-electron chi connectivity index (χ1n) is 5.76. The van der Waals surface area contributed by atoms with E-state index in [1.54, 1.807) is 29.3 Å². The minimum atomic E-state index is -0.0977. The summed E-state index contributed by atoms with van der Waals surface area (Å²) in [4.78, 5) is 13.8. The molecule has 98 valence electrons. The Morgan fingerprint density at radius 2 is 2.16 bits per heavy atom. The molecule has 0 spiro atoms. The Hall–Kier alpha value is -1.59. The largest absolute Gasteiger partial charge is 0.273 e. The van der Waals surface area contributed by atoms with E-state index in [1.165, 1.54) is 4.90 Å². The van der Waals surface area contributed by atoms with Crippen molar-refractivity contribution in [1.29, 1.82) is 0 Å². The molecule has 5 heteroatoms. The summed E-state index contributed by atoms with van der Waals surface area (Å²) < 4.78 is 0. The van der Waals surface area contributed by atoms with E-state index in [4.69, 9.17) is 0 Å². The number of hydrogen-bond acceptors (Lipinski definition) is 4. The minimum absolute atomic E-state index is 0.0977. The van der Waals surface area contributed by atoms with E-state index < -0.39 is 0 Å². The van der Waals surface area contributed by atoms with Crippen LogP contribution in [-0.2, 0) is 11.2 Å². The van der Waals surface area contributed by atoms with E-state index in [2.05, 4.69) is 10.5 Å². The molecule has 1 aromatic carbocycles. The number of rotatable bonds is 5. The molecular weight excluding hydrogens is 276 g/mol. The van der Waals surface area contributed by atoms with Crippen molar-refractivity contribution in [2.24, 2.45) is 5.10 Å². The molecule has 2 aromatic rings. The summed E-state index contributed by atoms with van der Waals surface area (Å²) in [5.41, 5.74) is 3.50. The first kappa shape index (κ1) is 13.8. The summed E-state index contributed by atoms with van der Waals surface area (Å²) in [6, 6.07) is 11.9. The molecule has 0 bridgehead atoms. The Bertz CT molecular complexity index is 547. The van der Waals surface area contributed by atoms with Gasteiger partial charge in [-0.15, -0.1) is 23.1 Å². The summed E-state index contributed by atoms with van der Waals surface area (Å²) in [5, 5.41) is 5.91. The summed E-state index contributed by atoms with van der Waals surface area (Å²) in [6.45, 7) is 0. The lowest BCUT2D eigenvalue weighted by molar-refractivity contribution is -0.120. The Kier molecular flexibility index (Phi) is 5.18. The maximum atomic E-state index is 11.6. The van der Waals surface area contributed by atoms with Gasteiger partial charge in [0, 0.05) is 9.77 Å². The van der Waals surface area contributed by atoms with Crippen LogP contribution in [0, 0.1) is 0 Å². The fraction of sp³-hybridized carbons (Fsp3) is 0.143. The van der Waals surface area contributed by atoms with Crippen LogP contribution in [0.5, 0.6) is 0 Å². The first-order chi connectivity index (χ1) is 9.28. The van der Waals surface area contributed by atoms with Gasteiger partial charge in [0.05, 0.1) is 12.6 Å².